The summed E-state index contributed by atoms with van der Waals surface area (Å²) in [7, 11) is 3.99. The molecule has 2 atom stereocenters. The van der Waals surface area contributed by atoms with E-state index in [9.17, 15) is 9.59 Å². The lowest BCUT2D eigenvalue weighted by Gasteiger charge is -2.43. The van der Waals surface area contributed by atoms with E-state index in [2.05, 4.69) is 0 Å². The average molecular weight is 342 g/mol. The lowest BCUT2D eigenvalue weighted by Crippen LogP contribution is -3.07. The third-order valence-corrected chi connectivity index (χ3v) is 5.23. The van der Waals surface area contributed by atoms with E-state index >= 15 is 0 Å². The van der Waals surface area contributed by atoms with E-state index in [1.807, 2.05) is 41.8 Å². The summed E-state index contributed by atoms with van der Waals surface area (Å²) in [6.45, 7) is 2.61. The Morgan fingerprint density at radius 2 is 2.08 bits per heavy atom. The Kier molecular flexibility index (Phi) is 4.00. The lowest BCUT2D eigenvalue weighted by molar-refractivity contribution is -0.849. The number of carbonyl (C=O) groups is 1. The Labute approximate surface area is 146 Å². The molecule has 6 nitrogen and oxygen atoms in total. The molecule has 2 aliphatic rings. The van der Waals surface area contributed by atoms with Crippen LogP contribution in [0.4, 0.5) is 0 Å². The fraction of sp³-hybridized carbons (Fsp3) is 0.474. The Morgan fingerprint density at radius 3 is 2.80 bits per heavy atom. The van der Waals surface area contributed by atoms with Crippen molar-refractivity contribution in [1.29, 1.82) is 0 Å². The number of rotatable bonds is 3. The van der Waals surface area contributed by atoms with E-state index < -0.39 is 0 Å². The summed E-state index contributed by atoms with van der Waals surface area (Å²) < 4.78 is 7.49. The standard InChI is InChI=1S/C19H23N3O3/c1-20(2)12-18(24)21-9-13-8-14(11-21)19-15(16-4-3-7-25-16)5-6-17(23)22(19)10-13/h3-7,13-14H,8-12H2,1-2H3/p+1/t13-,14+/m0/s1. The second-order valence-electron chi connectivity index (χ2n) is 7.54. The highest BCUT2D eigenvalue weighted by Gasteiger charge is 2.38. The molecule has 4 heterocycles. The number of likely N-dealkylation sites (N-methyl/N-ethyl adjacent to an activating group) is 1. The molecular weight excluding hydrogens is 318 g/mol. The molecule has 2 bridgehead atoms. The molecule has 6 heteroatoms. The molecule has 0 radical (unpaired) electrons. The second-order valence-corrected chi connectivity index (χ2v) is 7.54. The van der Waals surface area contributed by atoms with Gasteiger partial charge in [-0.3, -0.25) is 9.59 Å². The number of nitrogens with zero attached hydrogens (tertiary/aromatic N) is 2. The van der Waals surface area contributed by atoms with Crippen LogP contribution in [0.2, 0.25) is 0 Å². The molecule has 2 aromatic rings. The number of hydrogen-bond donors (Lipinski definition) is 1. The summed E-state index contributed by atoms with van der Waals surface area (Å²) in [6, 6.07) is 7.27. The number of quaternary nitrogens is 1. The van der Waals surface area contributed by atoms with Crippen molar-refractivity contribution in [3.05, 3.63) is 46.6 Å². The maximum atomic E-state index is 12.6. The lowest BCUT2D eigenvalue weighted by atomic mass is 9.81. The van der Waals surface area contributed by atoms with Crippen molar-refractivity contribution in [2.45, 2.75) is 18.9 Å². The molecule has 4 rings (SSSR count). The molecule has 0 spiro atoms. The zero-order valence-electron chi connectivity index (χ0n) is 14.7. The Bertz CT molecular complexity index is 838. The van der Waals surface area contributed by atoms with E-state index in [0.717, 1.165) is 34.9 Å². The van der Waals surface area contributed by atoms with Crippen LogP contribution in [0.5, 0.6) is 0 Å². The molecule has 0 saturated carbocycles. The minimum atomic E-state index is 0.0394. The monoisotopic (exact) mass is 342 g/mol. The molecule has 1 fully saturated rings. The van der Waals surface area contributed by atoms with Crippen molar-refractivity contribution < 1.29 is 14.1 Å². The summed E-state index contributed by atoms with van der Waals surface area (Å²) in [5.74, 6) is 1.50. The molecule has 1 saturated heterocycles. The van der Waals surface area contributed by atoms with Gasteiger partial charge >= 0.3 is 0 Å². The number of aromatic nitrogens is 1. The SMILES string of the molecule is C[NH+](C)CC(=O)N1C[C@@H]2C[C@H](C1)c1c(-c3ccco3)ccc(=O)n1C2. The number of piperidine rings is 1. The van der Waals surface area contributed by atoms with Crippen molar-refractivity contribution in [2.75, 3.05) is 33.7 Å². The van der Waals surface area contributed by atoms with Gasteiger partial charge in [0.15, 0.2) is 6.54 Å². The van der Waals surface area contributed by atoms with Gasteiger partial charge in [-0.15, -0.1) is 0 Å². The second kappa shape index (κ2) is 6.19. The van der Waals surface area contributed by atoms with Crippen LogP contribution < -0.4 is 10.5 Å². The third-order valence-electron chi connectivity index (χ3n) is 5.23. The van der Waals surface area contributed by atoms with Gasteiger partial charge in [0.05, 0.1) is 20.4 Å². The van der Waals surface area contributed by atoms with Crippen molar-refractivity contribution in [3.8, 4) is 11.3 Å². The number of hydrogen-bond acceptors (Lipinski definition) is 3. The highest BCUT2D eigenvalue weighted by atomic mass is 16.3. The minimum absolute atomic E-state index is 0.0394. The first-order chi connectivity index (χ1) is 12.0. The van der Waals surface area contributed by atoms with Crippen molar-refractivity contribution in [3.63, 3.8) is 0 Å². The zero-order chi connectivity index (χ0) is 17.6. The first-order valence-corrected chi connectivity index (χ1v) is 8.87. The van der Waals surface area contributed by atoms with Crippen LogP contribution in [0.25, 0.3) is 11.3 Å². The molecule has 1 N–H and O–H groups in total. The van der Waals surface area contributed by atoms with Gasteiger partial charge in [-0.2, -0.15) is 0 Å². The molecule has 1 amide bonds. The number of pyridine rings is 1. The molecule has 2 aliphatic heterocycles. The van der Waals surface area contributed by atoms with E-state index in [1.54, 1.807) is 12.3 Å². The highest BCUT2D eigenvalue weighted by Crippen LogP contribution is 2.39. The predicted octanol–water partition coefficient (Wildman–Crippen LogP) is 0.199. The summed E-state index contributed by atoms with van der Waals surface area (Å²) in [6.07, 6.45) is 2.68. The maximum Gasteiger partial charge on any atom is 0.277 e. The van der Waals surface area contributed by atoms with Gasteiger partial charge in [0.2, 0.25) is 0 Å². The van der Waals surface area contributed by atoms with Gasteiger partial charge in [-0.05, 0) is 30.5 Å². The molecule has 0 aromatic carbocycles. The topological polar surface area (TPSA) is 59.9 Å². The smallest absolute Gasteiger partial charge is 0.277 e. The summed E-state index contributed by atoms with van der Waals surface area (Å²) in [5.41, 5.74) is 2.03. The van der Waals surface area contributed by atoms with Crippen molar-refractivity contribution >= 4 is 5.91 Å². The van der Waals surface area contributed by atoms with Gasteiger partial charge in [0.25, 0.3) is 11.5 Å². The van der Waals surface area contributed by atoms with Crippen LogP contribution >= 0.6 is 0 Å². The molecule has 0 aliphatic carbocycles. The van der Waals surface area contributed by atoms with Crippen LogP contribution in [-0.2, 0) is 11.3 Å². The Hall–Kier alpha value is -2.34. The third kappa shape index (κ3) is 2.91. The fourth-order valence-electron chi connectivity index (χ4n) is 4.27. The first kappa shape index (κ1) is 16.1. The fourth-order valence-corrected chi connectivity index (χ4v) is 4.27. The number of nitrogens with one attached hydrogen (secondary N) is 1. The molecule has 25 heavy (non-hydrogen) atoms. The van der Waals surface area contributed by atoms with E-state index in [-0.39, 0.29) is 17.4 Å². The molecule has 2 aromatic heterocycles. The van der Waals surface area contributed by atoms with Gasteiger partial charge in [0.1, 0.15) is 5.76 Å². The maximum absolute atomic E-state index is 12.6. The largest absolute Gasteiger partial charge is 0.464 e. The average Bonchev–Trinajstić information content (AvgIpc) is 3.09. The van der Waals surface area contributed by atoms with E-state index in [0.29, 0.717) is 25.6 Å². The normalized spacial score (nSPS) is 22.1. The number of likely N-dealkylation sites (tertiary alicyclic amines) is 1. The van der Waals surface area contributed by atoms with Gasteiger partial charge in [-0.25, -0.2) is 0 Å². The van der Waals surface area contributed by atoms with Gasteiger partial charge in [0, 0.05) is 42.9 Å². The van der Waals surface area contributed by atoms with E-state index in [1.165, 1.54) is 0 Å². The zero-order valence-corrected chi connectivity index (χ0v) is 14.7. The highest BCUT2D eigenvalue weighted by molar-refractivity contribution is 5.77. The first-order valence-electron chi connectivity index (χ1n) is 8.87. The van der Waals surface area contributed by atoms with Crippen LogP contribution in [0.3, 0.4) is 0 Å². The van der Waals surface area contributed by atoms with Crippen LogP contribution in [-0.4, -0.2) is 49.1 Å². The van der Waals surface area contributed by atoms with E-state index in [4.69, 9.17) is 4.42 Å². The Balaban J connectivity index is 1.72. The van der Waals surface area contributed by atoms with Crippen LogP contribution in [0.1, 0.15) is 18.0 Å². The predicted molar refractivity (Wildman–Crippen MR) is 93.5 cm³/mol. The molecule has 132 valence electrons. The molecule has 0 unspecified atom stereocenters. The summed E-state index contributed by atoms with van der Waals surface area (Å²) in [4.78, 5) is 28.1. The summed E-state index contributed by atoms with van der Waals surface area (Å²) >= 11 is 0. The van der Waals surface area contributed by atoms with Gasteiger partial charge < -0.3 is 18.8 Å². The van der Waals surface area contributed by atoms with Gasteiger partial charge in [-0.1, -0.05) is 0 Å². The minimum Gasteiger partial charge on any atom is -0.464 e. The van der Waals surface area contributed by atoms with Crippen molar-refractivity contribution in [1.82, 2.24) is 9.47 Å². The number of furan rings is 1. The quantitative estimate of drug-likeness (QED) is 0.867. The Morgan fingerprint density at radius 1 is 1.24 bits per heavy atom. The number of fused-ring (bicyclic) bond motifs is 4. The van der Waals surface area contributed by atoms with Crippen LogP contribution in [0.15, 0.2) is 39.7 Å². The number of amides is 1. The van der Waals surface area contributed by atoms with Crippen LogP contribution in [0, 0.1) is 5.92 Å². The van der Waals surface area contributed by atoms with Crippen molar-refractivity contribution in [2.24, 2.45) is 5.92 Å². The number of carbonyl (C=O) groups excluding carboxylic acids is 1. The molecular formula is C19H24N3O3+. The summed E-state index contributed by atoms with van der Waals surface area (Å²) in [5, 5.41) is 0.